The summed E-state index contributed by atoms with van der Waals surface area (Å²) in [5.41, 5.74) is 0. The van der Waals surface area contributed by atoms with E-state index in [1.165, 1.54) is 0 Å². The maximum atomic E-state index is 9.08. The summed E-state index contributed by atoms with van der Waals surface area (Å²) >= 11 is 0. The normalized spacial score (nSPS) is 11.7. The van der Waals surface area contributed by atoms with Crippen LogP contribution in [0.15, 0.2) is 0 Å². The van der Waals surface area contributed by atoms with Gasteiger partial charge in [0.1, 0.15) is 0 Å². The summed E-state index contributed by atoms with van der Waals surface area (Å²) in [5.74, 6) is 7.06. The van der Waals surface area contributed by atoms with Gasteiger partial charge in [0.15, 0.2) is 0 Å². The highest BCUT2D eigenvalue weighted by molar-refractivity contribution is 7.80. The van der Waals surface area contributed by atoms with Crippen LogP contribution in [0.3, 0.4) is 0 Å². The van der Waals surface area contributed by atoms with Crippen molar-refractivity contribution in [3.8, 4) is 0 Å². The van der Waals surface area contributed by atoms with Crippen molar-refractivity contribution in [2.45, 2.75) is 0 Å². The maximum absolute atomic E-state index is 9.08. The van der Waals surface area contributed by atoms with E-state index in [1.807, 2.05) is 0 Å². The van der Waals surface area contributed by atoms with Crippen LogP contribution in [0.4, 0.5) is 0 Å². The molecule has 0 heterocycles. The van der Waals surface area contributed by atoms with E-state index in [9.17, 15) is 0 Å². The lowest BCUT2D eigenvalue weighted by molar-refractivity contribution is 0.260. The molecule has 2 radical (unpaired) electrons. The maximum Gasteiger partial charge on any atom is 0.416 e. The number of hydrogen-bond donors (Lipinski definition) is 1. The Labute approximate surface area is 34.6 Å². The van der Waals surface area contributed by atoms with Crippen LogP contribution in [0.25, 0.3) is 0 Å². The molecule has 0 amide bonds. The first-order valence-corrected chi connectivity index (χ1v) is 2.23. The monoisotopic (exact) mass is 111 g/mol. The number of nitrogens with zero attached hydrogens (tertiary/aromatic N) is 1. The second-order valence-electron chi connectivity index (χ2n) is 0.502. The molecule has 0 aromatic carbocycles. The zero-order chi connectivity index (χ0) is 5.21. The van der Waals surface area contributed by atoms with E-state index in [2.05, 4.69) is 4.28 Å². The van der Waals surface area contributed by atoms with Gasteiger partial charge in [0, 0.05) is 0 Å². The molecule has 0 aliphatic carbocycles. The van der Waals surface area contributed by atoms with Crippen LogP contribution in [-0.4, -0.2) is 13.0 Å². The Hall–Kier alpha value is -0.170. The molecule has 0 saturated carbocycles. The summed E-state index contributed by atoms with van der Waals surface area (Å²) in [4.78, 5) is 0. The minimum atomic E-state index is -4.61. The fourth-order valence-electron chi connectivity index (χ4n) is 0. The lowest BCUT2D eigenvalue weighted by Gasteiger charge is -1.77. The molecule has 36 valence electrons. The molecule has 6 heavy (non-hydrogen) atoms. The molecular formula is HNO4S. The zero-order valence-corrected chi connectivity index (χ0v) is 3.34. The van der Waals surface area contributed by atoms with Crippen LogP contribution in [0.5, 0.6) is 0 Å². The summed E-state index contributed by atoms with van der Waals surface area (Å²) in [7, 11) is -4.61. The highest BCUT2D eigenvalue weighted by Crippen LogP contribution is 1.73. The predicted molar refractivity (Wildman–Crippen MR) is 14.8 cm³/mol. The minimum Gasteiger partial charge on any atom is -0.262 e. The van der Waals surface area contributed by atoms with E-state index in [4.69, 9.17) is 18.9 Å². The minimum absolute atomic E-state index is 2.47. The van der Waals surface area contributed by atoms with Gasteiger partial charge in [-0.2, -0.15) is 8.42 Å². The van der Waals surface area contributed by atoms with Gasteiger partial charge in [0.2, 0.25) is 0 Å². The van der Waals surface area contributed by atoms with Gasteiger partial charge in [0.25, 0.3) is 0 Å². The van der Waals surface area contributed by atoms with Gasteiger partial charge in [-0.05, 0) is 0 Å². The molecule has 0 saturated heterocycles. The SMILES string of the molecule is [N]OS(=O)(=O)O. The van der Waals surface area contributed by atoms with Crippen LogP contribution in [-0.2, 0) is 14.7 Å². The highest BCUT2D eigenvalue weighted by atomic mass is 32.3. The summed E-state index contributed by atoms with van der Waals surface area (Å²) < 4.78 is 28.0. The van der Waals surface area contributed by atoms with E-state index >= 15 is 0 Å². The van der Waals surface area contributed by atoms with Crippen LogP contribution >= 0.6 is 0 Å². The molecule has 0 fully saturated rings. The van der Waals surface area contributed by atoms with Gasteiger partial charge in [-0.3, -0.25) is 4.55 Å². The fraction of sp³-hybridized carbons (Fsp3) is 0. The van der Waals surface area contributed by atoms with Gasteiger partial charge < -0.3 is 0 Å². The highest BCUT2D eigenvalue weighted by Gasteiger charge is 1.97. The first-order chi connectivity index (χ1) is 2.56. The molecule has 5 nitrogen and oxygen atoms in total. The third-order valence-corrected chi connectivity index (χ3v) is 0.283. The lowest BCUT2D eigenvalue weighted by Crippen LogP contribution is -1.99. The van der Waals surface area contributed by atoms with Crippen LogP contribution < -0.4 is 5.90 Å². The average Bonchev–Trinajstić information content (AvgIpc) is 1.35. The second kappa shape index (κ2) is 1.52. The van der Waals surface area contributed by atoms with Crippen molar-refractivity contribution in [2.75, 3.05) is 0 Å². The quantitative estimate of drug-likeness (QED) is 0.339. The van der Waals surface area contributed by atoms with Crippen molar-refractivity contribution in [1.82, 2.24) is 5.90 Å². The summed E-state index contributed by atoms with van der Waals surface area (Å²) in [6.45, 7) is 0. The molecule has 0 atom stereocenters. The first-order valence-electron chi connectivity index (χ1n) is 0.865. The average molecular weight is 111 g/mol. The first kappa shape index (κ1) is 5.83. The van der Waals surface area contributed by atoms with Crippen molar-refractivity contribution in [3.05, 3.63) is 0 Å². The summed E-state index contributed by atoms with van der Waals surface area (Å²) in [5, 5.41) is 0. The van der Waals surface area contributed by atoms with Crippen LogP contribution in [0.2, 0.25) is 0 Å². The van der Waals surface area contributed by atoms with Gasteiger partial charge >= 0.3 is 10.4 Å². The smallest absolute Gasteiger partial charge is 0.262 e. The Bertz CT molecular complexity index is 110. The van der Waals surface area contributed by atoms with Crippen molar-refractivity contribution in [1.29, 1.82) is 0 Å². The Morgan fingerprint density at radius 2 is 1.83 bits per heavy atom. The van der Waals surface area contributed by atoms with E-state index in [0.717, 1.165) is 0 Å². The van der Waals surface area contributed by atoms with Crippen molar-refractivity contribution >= 4 is 10.4 Å². The number of hydrogen-bond acceptors (Lipinski definition) is 3. The largest absolute Gasteiger partial charge is 0.416 e. The molecule has 0 aromatic rings. The molecular weight excluding hydrogens is 110 g/mol. The van der Waals surface area contributed by atoms with E-state index < -0.39 is 10.4 Å². The number of rotatable bonds is 1. The molecule has 0 aliphatic rings. The van der Waals surface area contributed by atoms with Gasteiger partial charge in [0.05, 0.1) is 5.90 Å². The molecule has 0 spiro atoms. The van der Waals surface area contributed by atoms with Gasteiger partial charge in [-0.1, -0.05) is 0 Å². The van der Waals surface area contributed by atoms with Gasteiger partial charge in [-0.25, -0.2) is 0 Å². The van der Waals surface area contributed by atoms with Gasteiger partial charge in [-0.15, -0.1) is 4.28 Å². The summed E-state index contributed by atoms with van der Waals surface area (Å²) in [6, 6.07) is 0. The third kappa shape index (κ3) is 3.83. The summed E-state index contributed by atoms with van der Waals surface area (Å²) in [6.07, 6.45) is 0. The molecule has 0 aromatic heterocycles. The molecule has 1 N–H and O–H groups in total. The van der Waals surface area contributed by atoms with Crippen molar-refractivity contribution < 1.29 is 17.3 Å². The van der Waals surface area contributed by atoms with Crippen LogP contribution in [0, 0.1) is 0 Å². The molecule has 0 bridgehead atoms. The molecule has 0 aliphatic heterocycles. The topological polar surface area (TPSA) is 85.9 Å². The molecule has 6 heteroatoms. The Balaban J connectivity index is 3.85. The van der Waals surface area contributed by atoms with E-state index in [0.29, 0.717) is 0 Å². The van der Waals surface area contributed by atoms with E-state index in [1.54, 1.807) is 0 Å². The van der Waals surface area contributed by atoms with E-state index in [-0.39, 0.29) is 0 Å². The van der Waals surface area contributed by atoms with Crippen molar-refractivity contribution in [2.24, 2.45) is 0 Å². The second-order valence-corrected chi connectivity index (χ2v) is 1.51. The Kier molecular flexibility index (Phi) is 1.48. The lowest BCUT2D eigenvalue weighted by atomic mass is 13.6. The molecule has 0 unspecified atom stereocenters. The third-order valence-electron chi connectivity index (χ3n) is 0.0942. The molecule has 0 rings (SSSR count). The fourth-order valence-corrected chi connectivity index (χ4v) is 0. The van der Waals surface area contributed by atoms with Crippen molar-refractivity contribution in [3.63, 3.8) is 0 Å². The Morgan fingerprint density at radius 1 is 1.67 bits per heavy atom. The Morgan fingerprint density at radius 3 is 1.83 bits per heavy atom. The van der Waals surface area contributed by atoms with Crippen LogP contribution in [0.1, 0.15) is 0 Å². The zero-order valence-electron chi connectivity index (χ0n) is 2.53. The predicted octanol–water partition coefficient (Wildman–Crippen LogP) is -1.21. The standard InChI is InChI=1S/HNO4S/c1-5-6(2,3)4/h(H,2,3,4).